The van der Waals surface area contributed by atoms with Gasteiger partial charge in [-0.25, -0.2) is 9.97 Å². The molecule has 8 nitrogen and oxygen atoms in total. The van der Waals surface area contributed by atoms with Gasteiger partial charge < -0.3 is 21.3 Å². The number of carbonyl (C=O) groups is 1. The zero-order valence-electron chi connectivity index (χ0n) is 15.4. The molecule has 3 aromatic rings. The van der Waals surface area contributed by atoms with Crippen LogP contribution in [0.3, 0.4) is 0 Å². The minimum atomic E-state index is -0.638. The Bertz CT molecular complexity index is 1100. The molecule has 1 saturated heterocycles. The van der Waals surface area contributed by atoms with Crippen LogP contribution in [0.15, 0.2) is 12.1 Å². The number of amides is 1. The van der Waals surface area contributed by atoms with E-state index >= 15 is 0 Å². The maximum Gasteiger partial charge on any atom is 0.253 e. The monoisotopic (exact) mass is 367 g/mol. The van der Waals surface area contributed by atoms with E-state index in [0.29, 0.717) is 41.3 Å². The smallest absolute Gasteiger partial charge is 0.253 e. The van der Waals surface area contributed by atoms with Gasteiger partial charge in [-0.05, 0) is 32.4 Å². The van der Waals surface area contributed by atoms with Gasteiger partial charge in [-0.1, -0.05) is 6.07 Å². The van der Waals surface area contributed by atoms with Crippen LogP contribution in [0.2, 0.25) is 0 Å². The van der Waals surface area contributed by atoms with E-state index in [1.165, 1.54) is 0 Å². The van der Waals surface area contributed by atoms with E-state index in [1.54, 1.807) is 30.5 Å². The SMILES string of the molecule is Cc1nc(C2COC2)c2c(C(N)=O)c(N)n(-c3c(C)ccc(O)c3C)c2n1. The molecule has 0 bridgehead atoms. The van der Waals surface area contributed by atoms with Gasteiger partial charge in [-0.3, -0.25) is 9.36 Å². The first-order valence-corrected chi connectivity index (χ1v) is 8.66. The van der Waals surface area contributed by atoms with Crippen LogP contribution in [-0.2, 0) is 4.74 Å². The second-order valence-corrected chi connectivity index (χ2v) is 6.92. The fraction of sp³-hybridized carbons (Fsp3) is 0.316. The molecule has 1 aliphatic heterocycles. The molecule has 5 N–H and O–H groups in total. The number of phenols is 1. The molecule has 1 aromatic carbocycles. The van der Waals surface area contributed by atoms with Crippen molar-refractivity contribution >= 4 is 22.8 Å². The van der Waals surface area contributed by atoms with Crippen LogP contribution in [0.5, 0.6) is 5.75 Å². The molecule has 1 fully saturated rings. The molecule has 0 spiro atoms. The molecule has 1 aliphatic rings. The molecule has 27 heavy (non-hydrogen) atoms. The second kappa shape index (κ2) is 5.95. The lowest BCUT2D eigenvalue weighted by molar-refractivity contribution is 0.00725. The summed E-state index contributed by atoms with van der Waals surface area (Å²) in [5, 5.41) is 10.8. The van der Waals surface area contributed by atoms with Crippen LogP contribution in [0.1, 0.15) is 38.9 Å². The number of anilines is 1. The number of hydrogen-bond donors (Lipinski definition) is 3. The van der Waals surface area contributed by atoms with E-state index in [9.17, 15) is 9.90 Å². The van der Waals surface area contributed by atoms with E-state index < -0.39 is 5.91 Å². The normalized spacial score (nSPS) is 14.5. The van der Waals surface area contributed by atoms with Gasteiger partial charge in [-0.15, -0.1) is 0 Å². The molecule has 0 atom stereocenters. The van der Waals surface area contributed by atoms with Crippen LogP contribution < -0.4 is 11.5 Å². The van der Waals surface area contributed by atoms with Crippen LogP contribution in [0.4, 0.5) is 5.82 Å². The highest BCUT2D eigenvalue weighted by atomic mass is 16.5. The first kappa shape index (κ1) is 17.3. The Labute approximate surface area is 155 Å². The molecule has 1 amide bonds. The van der Waals surface area contributed by atoms with Gasteiger partial charge in [0.1, 0.15) is 17.4 Å². The van der Waals surface area contributed by atoms with Crippen molar-refractivity contribution in [2.45, 2.75) is 26.7 Å². The lowest BCUT2D eigenvalue weighted by Crippen LogP contribution is -2.27. The maximum absolute atomic E-state index is 12.3. The fourth-order valence-corrected chi connectivity index (χ4v) is 3.67. The van der Waals surface area contributed by atoms with Crippen LogP contribution >= 0.6 is 0 Å². The lowest BCUT2D eigenvalue weighted by Gasteiger charge is -2.26. The van der Waals surface area contributed by atoms with Crippen molar-refractivity contribution in [3.63, 3.8) is 0 Å². The minimum absolute atomic E-state index is 0.0638. The standard InChI is InChI=1S/C19H21N5O3/c1-8-4-5-12(25)9(2)16(8)24-17(20)14(18(21)26)13-15(11-6-27-7-11)22-10(3)23-19(13)24/h4-5,11,25H,6-7,20H2,1-3H3,(H2,21,26). The van der Waals surface area contributed by atoms with Gasteiger partial charge >= 0.3 is 0 Å². The third kappa shape index (κ3) is 2.44. The Morgan fingerprint density at radius 2 is 1.96 bits per heavy atom. The molecular weight excluding hydrogens is 346 g/mol. The number of fused-ring (bicyclic) bond motifs is 1. The number of nitrogens with zero attached hydrogens (tertiary/aromatic N) is 3. The van der Waals surface area contributed by atoms with E-state index in [2.05, 4.69) is 9.97 Å². The highest BCUT2D eigenvalue weighted by molar-refractivity contribution is 6.12. The molecule has 140 valence electrons. The Kier molecular flexibility index (Phi) is 3.81. The zero-order chi connectivity index (χ0) is 19.5. The molecule has 8 heteroatoms. The highest BCUT2D eigenvalue weighted by Crippen LogP contribution is 2.39. The summed E-state index contributed by atoms with van der Waals surface area (Å²) >= 11 is 0. The summed E-state index contributed by atoms with van der Waals surface area (Å²) < 4.78 is 7.00. The van der Waals surface area contributed by atoms with Gasteiger partial charge in [0.2, 0.25) is 0 Å². The first-order chi connectivity index (χ1) is 12.8. The third-order valence-corrected chi connectivity index (χ3v) is 5.09. The Hall–Kier alpha value is -3.13. The predicted molar refractivity (Wildman–Crippen MR) is 101 cm³/mol. The summed E-state index contributed by atoms with van der Waals surface area (Å²) in [4.78, 5) is 21.4. The van der Waals surface area contributed by atoms with Crippen molar-refractivity contribution in [1.29, 1.82) is 0 Å². The molecule has 0 aliphatic carbocycles. The predicted octanol–water partition coefficient (Wildman–Crippen LogP) is 1.85. The fourth-order valence-electron chi connectivity index (χ4n) is 3.67. The van der Waals surface area contributed by atoms with Crippen molar-refractivity contribution < 1.29 is 14.6 Å². The summed E-state index contributed by atoms with van der Waals surface area (Å²) in [6.07, 6.45) is 0. The molecule has 0 unspecified atom stereocenters. The summed E-state index contributed by atoms with van der Waals surface area (Å²) in [5.41, 5.74) is 15.7. The van der Waals surface area contributed by atoms with Crippen molar-refractivity contribution in [3.8, 4) is 11.4 Å². The molecule has 3 heterocycles. The second-order valence-electron chi connectivity index (χ2n) is 6.92. The number of aryl methyl sites for hydroxylation is 2. The van der Waals surface area contributed by atoms with Crippen molar-refractivity contribution in [2.75, 3.05) is 18.9 Å². The van der Waals surface area contributed by atoms with Gasteiger partial charge in [0, 0.05) is 11.5 Å². The van der Waals surface area contributed by atoms with Crippen molar-refractivity contribution in [3.05, 3.63) is 40.3 Å². The summed E-state index contributed by atoms with van der Waals surface area (Å²) in [7, 11) is 0. The number of nitrogens with two attached hydrogens (primary N) is 2. The van der Waals surface area contributed by atoms with Gasteiger partial charge in [0.15, 0.2) is 5.65 Å². The Morgan fingerprint density at radius 3 is 2.56 bits per heavy atom. The van der Waals surface area contributed by atoms with E-state index in [0.717, 1.165) is 11.3 Å². The molecular formula is C19H21N5O3. The Balaban J connectivity index is 2.18. The summed E-state index contributed by atoms with van der Waals surface area (Å²) in [6.45, 7) is 6.55. The largest absolute Gasteiger partial charge is 0.508 e. The number of aromatic nitrogens is 3. The number of primary amides is 1. The van der Waals surface area contributed by atoms with Gasteiger partial charge in [0.05, 0.1) is 35.5 Å². The van der Waals surface area contributed by atoms with Crippen molar-refractivity contribution in [1.82, 2.24) is 14.5 Å². The van der Waals surface area contributed by atoms with Gasteiger partial charge in [0.25, 0.3) is 5.91 Å². The first-order valence-electron chi connectivity index (χ1n) is 8.66. The van der Waals surface area contributed by atoms with Crippen LogP contribution in [0.25, 0.3) is 16.7 Å². The quantitative estimate of drug-likeness (QED) is 0.648. The number of hydrogen-bond acceptors (Lipinski definition) is 6. The topological polar surface area (TPSA) is 129 Å². The number of rotatable bonds is 3. The van der Waals surface area contributed by atoms with Gasteiger partial charge in [-0.2, -0.15) is 0 Å². The average Bonchev–Trinajstić information content (AvgIpc) is 2.83. The van der Waals surface area contributed by atoms with Crippen molar-refractivity contribution in [2.24, 2.45) is 5.73 Å². The number of carbonyl (C=O) groups excluding carboxylic acids is 1. The zero-order valence-corrected chi connectivity index (χ0v) is 15.4. The van der Waals surface area contributed by atoms with Crippen LogP contribution in [-0.4, -0.2) is 38.8 Å². The molecule has 0 radical (unpaired) electrons. The summed E-state index contributed by atoms with van der Waals surface area (Å²) in [5.74, 6) is 0.316. The summed E-state index contributed by atoms with van der Waals surface area (Å²) in [6, 6.07) is 3.42. The van der Waals surface area contributed by atoms with E-state index in [-0.39, 0.29) is 23.0 Å². The molecule has 2 aromatic heterocycles. The number of benzene rings is 1. The van der Waals surface area contributed by atoms with E-state index in [4.69, 9.17) is 16.2 Å². The highest BCUT2D eigenvalue weighted by Gasteiger charge is 2.32. The molecule has 4 rings (SSSR count). The number of ether oxygens (including phenoxy) is 1. The van der Waals surface area contributed by atoms with Crippen LogP contribution in [0, 0.1) is 20.8 Å². The maximum atomic E-state index is 12.3. The number of phenolic OH excluding ortho intramolecular Hbond substituents is 1. The van der Waals surface area contributed by atoms with E-state index in [1.807, 2.05) is 6.92 Å². The number of nitrogen functional groups attached to an aromatic ring is 1. The third-order valence-electron chi connectivity index (χ3n) is 5.09. The minimum Gasteiger partial charge on any atom is -0.508 e. The number of aromatic hydroxyl groups is 1. The Morgan fingerprint density at radius 1 is 1.26 bits per heavy atom. The average molecular weight is 367 g/mol. The lowest BCUT2D eigenvalue weighted by atomic mass is 9.98. The molecule has 0 saturated carbocycles.